The molecule has 4 aromatic rings. The van der Waals surface area contributed by atoms with Crippen LogP contribution in [0.25, 0.3) is 5.69 Å². The molecule has 20 heteroatoms. The Kier molecular flexibility index (Phi) is 17.8. The second-order valence-corrected chi connectivity index (χ2v) is 15.0. The van der Waals surface area contributed by atoms with Gasteiger partial charge in [0.05, 0.1) is 26.3 Å². The van der Waals surface area contributed by atoms with Crippen molar-refractivity contribution in [3.8, 4) is 11.8 Å². The number of rotatable bonds is 14. The van der Waals surface area contributed by atoms with E-state index in [4.69, 9.17) is 23.2 Å². The van der Waals surface area contributed by atoms with Crippen LogP contribution >= 0.6 is 23.2 Å². The number of amides is 1. The monoisotopic (exact) mass is 828 g/mol. The Morgan fingerprint density at radius 1 is 1.09 bits per heavy atom. The van der Waals surface area contributed by atoms with Gasteiger partial charge < -0.3 is 35.1 Å². The third kappa shape index (κ3) is 12.5. The molecule has 1 aromatic heterocycles. The van der Waals surface area contributed by atoms with Crippen LogP contribution in [-0.4, -0.2) is 52.8 Å². The summed E-state index contributed by atoms with van der Waals surface area (Å²) in [6.07, 6.45) is -1.21. The van der Waals surface area contributed by atoms with Gasteiger partial charge in [-0.3, -0.25) is 4.79 Å². The number of carbonyl (C=O) groups excluding carboxylic acids is 2. The van der Waals surface area contributed by atoms with Crippen LogP contribution in [0.2, 0.25) is 10.0 Å². The standard InChI is InChI=1S/C35H38Cl2N8O7S.2Na/c1-6-44(14-8-11-30(47)48)23-12-13-28(29(18-23)39-20(2)46)41-42-33-25(19-38)32(35(3,4)5)43-45(33)31-26(36)16-22(17-27(31)37)40-34(49)21-9-7-10-24(15-21)53(50,51)52;;/h7,9-10,12-13,15-18,34,40,49H,6,8,11,14H2,1-5H3,(H,39,46)(H,47,48)(H,50,51,52);;/q;2*+1/p-2. The van der Waals surface area contributed by atoms with E-state index >= 15 is 0 Å². The molecule has 0 fully saturated rings. The Balaban J connectivity index is 0.00000523. The summed E-state index contributed by atoms with van der Waals surface area (Å²) in [7, 11) is -4.76. The van der Waals surface area contributed by atoms with Gasteiger partial charge in [-0.1, -0.05) is 56.1 Å². The number of benzene rings is 3. The van der Waals surface area contributed by atoms with Crippen molar-refractivity contribution < 1.29 is 91.9 Å². The van der Waals surface area contributed by atoms with E-state index in [-0.39, 0.29) is 115 Å². The van der Waals surface area contributed by atoms with Gasteiger partial charge in [-0.2, -0.15) is 10.4 Å². The van der Waals surface area contributed by atoms with Gasteiger partial charge in [0.25, 0.3) is 0 Å². The summed E-state index contributed by atoms with van der Waals surface area (Å²) in [4.78, 5) is 24.5. The normalized spacial score (nSPS) is 11.9. The van der Waals surface area contributed by atoms with Crippen LogP contribution in [0, 0.1) is 11.3 Å². The van der Waals surface area contributed by atoms with Gasteiger partial charge in [0, 0.05) is 48.3 Å². The number of carbonyl (C=O) groups is 2. The number of hydrogen-bond acceptors (Lipinski definition) is 13. The zero-order chi connectivity index (χ0) is 39.2. The van der Waals surface area contributed by atoms with Gasteiger partial charge >= 0.3 is 59.1 Å². The zero-order valence-electron chi connectivity index (χ0n) is 31.3. The number of halogens is 2. The van der Waals surface area contributed by atoms with E-state index in [0.29, 0.717) is 36.6 Å². The van der Waals surface area contributed by atoms with Crippen molar-refractivity contribution in [1.82, 2.24) is 9.78 Å². The maximum absolute atomic E-state index is 12.2. The van der Waals surface area contributed by atoms with Crippen LogP contribution in [0.3, 0.4) is 0 Å². The van der Waals surface area contributed by atoms with Crippen LogP contribution in [0.5, 0.6) is 0 Å². The Bertz CT molecular complexity index is 2200. The molecule has 1 heterocycles. The van der Waals surface area contributed by atoms with E-state index < -0.39 is 32.6 Å². The Morgan fingerprint density at radius 2 is 1.75 bits per heavy atom. The molecule has 1 atom stereocenters. The molecule has 0 bridgehead atoms. The van der Waals surface area contributed by atoms with E-state index in [1.165, 1.54) is 35.9 Å². The molecule has 55 heavy (non-hydrogen) atoms. The molecule has 1 amide bonds. The van der Waals surface area contributed by atoms with Crippen molar-refractivity contribution in [3.63, 3.8) is 0 Å². The molecular formula is C35H36Cl2N8Na2O7S. The summed E-state index contributed by atoms with van der Waals surface area (Å²) in [6.45, 7) is 9.79. The van der Waals surface area contributed by atoms with Crippen molar-refractivity contribution in [2.45, 2.75) is 64.0 Å². The summed E-state index contributed by atoms with van der Waals surface area (Å²) < 4.78 is 35.7. The molecule has 0 radical (unpaired) electrons. The molecule has 4 rings (SSSR count). The van der Waals surface area contributed by atoms with Gasteiger partial charge in [0.2, 0.25) is 5.91 Å². The molecule has 15 nitrogen and oxygen atoms in total. The second-order valence-electron chi connectivity index (χ2n) is 12.8. The van der Waals surface area contributed by atoms with E-state index in [1.54, 1.807) is 18.2 Å². The second kappa shape index (κ2) is 20.4. The summed E-state index contributed by atoms with van der Waals surface area (Å²) in [5.74, 6) is -1.54. The molecule has 0 saturated carbocycles. The minimum atomic E-state index is -4.76. The average Bonchev–Trinajstić information content (AvgIpc) is 3.43. The average molecular weight is 830 g/mol. The smallest absolute Gasteiger partial charge is 0.744 e. The molecule has 280 valence electrons. The third-order valence-electron chi connectivity index (χ3n) is 7.78. The van der Waals surface area contributed by atoms with E-state index in [2.05, 4.69) is 32.0 Å². The van der Waals surface area contributed by atoms with Crippen LogP contribution in [0.15, 0.2) is 69.7 Å². The van der Waals surface area contributed by atoms with Crippen LogP contribution in [0.4, 0.5) is 28.6 Å². The van der Waals surface area contributed by atoms with Crippen LogP contribution in [0.1, 0.15) is 70.5 Å². The molecule has 0 spiro atoms. The fourth-order valence-corrected chi connectivity index (χ4v) is 6.47. The first-order valence-corrected chi connectivity index (χ1v) is 18.3. The van der Waals surface area contributed by atoms with Gasteiger partial charge in [0.1, 0.15) is 33.1 Å². The largest absolute Gasteiger partial charge is 1.00 e. The van der Waals surface area contributed by atoms with Crippen LogP contribution in [-0.2, 0) is 25.1 Å². The number of aliphatic hydroxyl groups is 1. The summed E-state index contributed by atoms with van der Waals surface area (Å²) in [6, 6.07) is 15.0. The molecule has 0 aliphatic heterocycles. The minimum Gasteiger partial charge on any atom is -0.744 e. The number of aliphatic hydroxyl groups excluding tert-OH is 1. The summed E-state index contributed by atoms with van der Waals surface area (Å²) >= 11 is 13.5. The van der Waals surface area contributed by atoms with Crippen LogP contribution < -0.4 is 79.8 Å². The number of nitrogens with zero attached hydrogens (tertiary/aromatic N) is 6. The SMILES string of the molecule is CCN(CCCC(=O)[O-])c1ccc(N=Nc2c(C#N)c(C(C)(C)C)nn2-c2c(Cl)cc(NC(O)c3cccc(S(=O)(=O)[O-])c3)cc2Cl)c(NC(C)=O)c1.[Na+].[Na+]. The number of anilines is 3. The number of carboxylic acid groups (broad SMARTS) is 1. The molecule has 3 aromatic carbocycles. The first-order valence-electron chi connectivity index (χ1n) is 16.2. The quantitative estimate of drug-likeness (QED) is 0.0668. The van der Waals surface area contributed by atoms with Gasteiger partial charge in [0.15, 0.2) is 12.0 Å². The number of aliphatic carboxylic acids is 1. The predicted octanol–water partition coefficient (Wildman–Crippen LogP) is 0.0936. The third-order valence-corrected chi connectivity index (χ3v) is 9.18. The van der Waals surface area contributed by atoms with Crippen molar-refractivity contribution in [2.75, 3.05) is 28.6 Å². The number of carboxylic acids is 1. The van der Waals surface area contributed by atoms with Gasteiger partial charge in [-0.25, -0.2) is 13.1 Å². The topological polar surface area (TPSA) is 228 Å². The summed E-state index contributed by atoms with van der Waals surface area (Å²) in [5, 5.41) is 51.1. The molecule has 1 unspecified atom stereocenters. The van der Waals surface area contributed by atoms with Crippen molar-refractivity contribution in [2.24, 2.45) is 10.2 Å². The fourth-order valence-electron chi connectivity index (χ4n) is 5.30. The van der Waals surface area contributed by atoms with Crippen molar-refractivity contribution in [1.29, 1.82) is 5.26 Å². The van der Waals surface area contributed by atoms with Gasteiger partial charge in [-0.05, 0) is 62.2 Å². The fraction of sp³-hybridized carbons (Fsp3) is 0.314. The summed E-state index contributed by atoms with van der Waals surface area (Å²) in [5.41, 5.74) is 1.48. The minimum absolute atomic E-state index is 0. The number of hydrogen-bond donors (Lipinski definition) is 3. The molecule has 3 N–H and O–H groups in total. The maximum atomic E-state index is 12.2. The number of nitrogens with one attached hydrogen (secondary N) is 2. The number of nitriles is 1. The van der Waals surface area contributed by atoms with Crippen molar-refractivity contribution in [3.05, 3.63) is 81.5 Å². The van der Waals surface area contributed by atoms with E-state index in [9.17, 15) is 38.0 Å². The number of aromatic nitrogens is 2. The van der Waals surface area contributed by atoms with E-state index in [1.807, 2.05) is 32.6 Å². The molecule has 0 saturated heterocycles. The molecular weight excluding hydrogens is 793 g/mol. The maximum Gasteiger partial charge on any atom is 1.00 e. The van der Waals surface area contributed by atoms with E-state index in [0.717, 1.165) is 12.1 Å². The van der Waals surface area contributed by atoms with Gasteiger partial charge in [-0.15, -0.1) is 10.2 Å². The number of azo groups is 1. The molecule has 0 aliphatic rings. The first-order chi connectivity index (χ1) is 24.8. The molecule has 0 aliphatic carbocycles. The zero-order valence-corrected chi connectivity index (χ0v) is 37.7. The Hall–Kier alpha value is -3.05. The Morgan fingerprint density at radius 3 is 2.29 bits per heavy atom. The predicted molar refractivity (Wildman–Crippen MR) is 197 cm³/mol. The Labute approximate surface area is 373 Å². The van der Waals surface area contributed by atoms with Crippen molar-refractivity contribution >= 4 is 73.8 Å². The first kappa shape index (κ1) is 48.1.